The lowest BCUT2D eigenvalue weighted by molar-refractivity contribution is 0.0696. The van der Waals surface area contributed by atoms with Crippen LogP contribution in [0.1, 0.15) is 48.7 Å². The Morgan fingerprint density at radius 2 is 1.81 bits per heavy atom. The Morgan fingerprint density at radius 3 is 2.33 bits per heavy atom. The summed E-state index contributed by atoms with van der Waals surface area (Å²) in [5.74, 6) is -0.993. The average molecular weight is 292 g/mol. The van der Waals surface area contributed by atoms with E-state index in [1.54, 1.807) is 13.0 Å². The van der Waals surface area contributed by atoms with Gasteiger partial charge in [0.1, 0.15) is 0 Å². The van der Waals surface area contributed by atoms with E-state index in [1.165, 1.54) is 6.07 Å². The van der Waals surface area contributed by atoms with E-state index in [0.717, 1.165) is 12.0 Å². The molecule has 5 heteroatoms. The molecule has 0 saturated heterocycles. The van der Waals surface area contributed by atoms with Crippen LogP contribution in [0.2, 0.25) is 0 Å². The van der Waals surface area contributed by atoms with Crippen LogP contribution in [0.15, 0.2) is 12.1 Å². The van der Waals surface area contributed by atoms with Crippen molar-refractivity contribution in [3.8, 4) is 0 Å². The smallest absolute Gasteiger partial charge is 0.336 e. The molecule has 1 aromatic rings. The quantitative estimate of drug-likeness (QED) is 0.794. The molecule has 0 aliphatic rings. The predicted molar refractivity (Wildman–Crippen MR) is 84.0 cm³/mol. The number of carboxylic acid groups (broad SMARTS) is 1. The summed E-state index contributed by atoms with van der Waals surface area (Å²) >= 11 is 0. The SMILES string of the molecule is Cc1cc(NC(=O)NCCC(C)(C)C)cc(C(=O)O)c1C. The highest BCUT2D eigenvalue weighted by Crippen LogP contribution is 2.20. The van der Waals surface area contributed by atoms with E-state index in [0.29, 0.717) is 17.8 Å². The van der Waals surface area contributed by atoms with Gasteiger partial charge in [-0.2, -0.15) is 0 Å². The maximum absolute atomic E-state index is 11.8. The molecule has 21 heavy (non-hydrogen) atoms. The number of amides is 2. The highest BCUT2D eigenvalue weighted by molar-refractivity contribution is 5.94. The summed E-state index contributed by atoms with van der Waals surface area (Å²) in [5, 5.41) is 14.6. The van der Waals surface area contributed by atoms with Gasteiger partial charge in [-0.15, -0.1) is 0 Å². The van der Waals surface area contributed by atoms with Crippen LogP contribution in [0.4, 0.5) is 10.5 Å². The molecule has 0 unspecified atom stereocenters. The Balaban J connectivity index is 2.71. The van der Waals surface area contributed by atoms with Crippen LogP contribution in [-0.2, 0) is 0 Å². The van der Waals surface area contributed by atoms with Crippen LogP contribution >= 0.6 is 0 Å². The molecular formula is C16H24N2O3. The largest absolute Gasteiger partial charge is 0.478 e. The molecule has 0 atom stereocenters. The van der Waals surface area contributed by atoms with Crippen molar-refractivity contribution in [1.29, 1.82) is 0 Å². The normalized spacial score (nSPS) is 11.1. The Hall–Kier alpha value is -2.04. The first-order valence-electron chi connectivity index (χ1n) is 6.99. The fourth-order valence-electron chi connectivity index (χ4n) is 1.88. The fourth-order valence-corrected chi connectivity index (χ4v) is 1.88. The molecule has 1 rings (SSSR count). The lowest BCUT2D eigenvalue weighted by Gasteiger charge is -2.18. The first-order valence-corrected chi connectivity index (χ1v) is 6.99. The van der Waals surface area contributed by atoms with E-state index in [-0.39, 0.29) is 17.0 Å². The summed E-state index contributed by atoms with van der Waals surface area (Å²) in [6, 6.07) is 2.93. The molecule has 0 spiro atoms. The van der Waals surface area contributed by atoms with Gasteiger partial charge in [-0.1, -0.05) is 20.8 Å². The van der Waals surface area contributed by atoms with Crippen LogP contribution in [0, 0.1) is 19.3 Å². The van der Waals surface area contributed by atoms with Crippen molar-refractivity contribution >= 4 is 17.7 Å². The monoisotopic (exact) mass is 292 g/mol. The molecule has 0 heterocycles. The lowest BCUT2D eigenvalue weighted by Crippen LogP contribution is -2.31. The fraction of sp³-hybridized carbons (Fsp3) is 0.500. The minimum atomic E-state index is -0.993. The number of hydrogen-bond acceptors (Lipinski definition) is 2. The summed E-state index contributed by atoms with van der Waals surface area (Å²) < 4.78 is 0. The third kappa shape index (κ3) is 5.45. The van der Waals surface area contributed by atoms with Gasteiger partial charge < -0.3 is 15.7 Å². The molecule has 116 valence electrons. The molecule has 0 radical (unpaired) electrons. The number of carboxylic acids is 1. The number of carbonyl (C=O) groups is 2. The van der Waals surface area contributed by atoms with Crippen LogP contribution < -0.4 is 10.6 Å². The average Bonchev–Trinajstić information content (AvgIpc) is 2.31. The molecule has 0 aromatic heterocycles. The van der Waals surface area contributed by atoms with Crippen LogP contribution in [-0.4, -0.2) is 23.7 Å². The topological polar surface area (TPSA) is 78.4 Å². The third-order valence-corrected chi connectivity index (χ3v) is 3.32. The van der Waals surface area contributed by atoms with Crippen molar-refractivity contribution < 1.29 is 14.7 Å². The van der Waals surface area contributed by atoms with E-state index in [1.807, 2.05) is 6.92 Å². The van der Waals surface area contributed by atoms with Gasteiger partial charge in [-0.05, 0) is 48.9 Å². The summed E-state index contributed by atoms with van der Waals surface area (Å²) in [5.41, 5.74) is 2.40. The molecule has 1 aromatic carbocycles. The maximum atomic E-state index is 11.8. The van der Waals surface area contributed by atoms with E-state index >= 15 is 0 Å². The molecule has 0 aliphatic carbocycles. The van der Waals surface area contributed by atoms with E-state index in [2.05, 4.69) is 31.4 Å². The van der Waals surface area contributed by atoms with E-state index < -0.39 is 5.97 Å². The molecule has 0 saturated carbocycles. The molecule has 0 bridgehead atoms. The molecule has 2 amide bonds. The number of hydrogen-bond donors (Lipinski definition) is 3. The standard InChI is InChI=1S/C16H24N2O3/c1-10-8-12(9-13(11(10)2)14(19)20)18-15(21)17-7-6-16(3,4)5/h8-9H,6-7H2,1-5H3,(H,19,20)(H2,17,18,21). The first-order chi connectivity index (χ1) is 9.60. The van der Waals surface area contributed by atoms with Gasteiger partial charge in [0.25, 0.3) is 0 Å². The van der Waals surface area contributed by atoms with Crippen LogP contribution in [0.5, 0.6) is 0 Å². The number of anilines is 1. The first kappa shape index (κ1) is 17.0. The molecule has 3 N–H and O–H groups in total. The number of benzene rings is 1. The summed E-state index contributed by atoms with van der Waals surface area (Å²) in [4.78, 5) is 23.0. The number of rotatable bonds is 4. The Labute approximate surface area is 125 Å². The van der Waals surface area contributed by atoms with E-state index in [9.17, 15) is 9.59 Å². The Bertz CT molecular complexity index is 545. The van der Waals surface area contributed by atoms with Crippen molar-refractivity contribution in [2.45, 2.75) is 41.0 Å². The zero-order chi connectivity index (χ0) is 16.2. The number of nitrogens with one attached hydrogen (secondary N) is 2. The summed E-state index contributed by atoms with van der Waals surface area (Å²) in [7, 11) is 0. The minimum Gasteiger partial charge on any atom is -0.478 e. The number of urea groups is 1. The van der Waals surface area contributed by atoms with Gasteiger partial charge >= 0.3 is 12.0 Å². The summed E-state index contributed by atoms with van der Waals surface area (Å²) in [6.45, 7) is 10.5. The number of aromatic carboxylic acids is 1. The molecule has 0 fully saturated rings. The van der Waals surface area contributed by atoms with Crippen molar-refractivity contribution in [3.63, 3.8) is 0 Å². The molecule has 0 aliphatic heterocycles. The van der Waals surface area contributed by atoms with Gasteiger partial charge in [0.05, 0.1) is 5.56 Å². The van der Waals surface area contributed by atoms with Crippen LogP contribution in [0.25, 0.3) is 0 Å². The van der Waals surface area contributed by atoms with Gasteiger partial charge in [-0.3, -0.25) is 0 Å². The van der Waals surface area contributed by atoms with Crippen molar-refractivity contribution in [3.05, 3.63) is 28.8 Å². The van der Waals surface area contributed by atoms with Crippen molar-refractivity contribution in [2.75, 3.05) is 11.9 Å². The summed E-state index contributed by atoms with van der Waals surface area (Å²) in [6.07, 6.45) is 0.869. The van der Waals surface area contributed by atoms with Crippen LogP contribution in [0.3, 0.4) is 0 Å². The second-order valence-electron chi connectivity index (χ2n) is 6.46. The molecular weight excluding hydrogens is 268 g/mol. The van der Waals surface area contributed by atoms with Gasteiger partial charge in [0.2, 0.25) is 0 Å². The zero-order valence-corrected chi connectivity index (χ0v) is 13.3. The van der Waals surface area contributed by atoms with Crippen molar-refractivity contribution in [1.82, 2.24) is 5.32 Å². The number of aryl methyl sites for hydroxylation is 1. The molecule has 5 nitrogen and oxygen atoms in total. The zero-order valence-electron chi connectivity index (χ0n) is 13.3. The number of carbonyl (C=O) groups excluding carboxylic acids is 1. The Kier molecular flexibility index (Phi) is 5.35. The Morgan fingerprint density at radius 1 is 1.19 bits per heavy atom. The second-order valence-corrected chi connectivity index (χ2v) is 6.46. The highest BCUT2D eigenvalue weighted by atomic mass is 16.4. The third-order valence-electron chi connectivity index (χ3n) is 3.32. The van der Waals surface area contributed by atoms with Gasteiger partial charge in [0.15, 0.2) is 0 Å². The van der Waals surface area contributed by atoms with E-state index in [4.69, 9.17) is 5.11 Å². The lowest BCUT2D eigenvalue weighted by atomic mass is 9.92. The minimum absolute atomic E-state index is 0.157. The second kappa shape index (κ2) is 6.61. The van der Waals surface area contributed by atoms with Gasteiger partial charge in [0, 0.05) is 12.2 Å². The maximum Gasteiger partial charge on any atom is 0.336 e. The van der Waals surface area contributed by atoms with Gasteiger partial charge in [-0.25, -0.2) is 9.59 Å². The predicted octanol–water partition coefficient (Wildman–Crippen LogP) is 3.56. The highest BCUT2D eigenvalue weighted by Gasteiger charge is 2.13. The van der Waals surface area contributed by atoms with Crippen molar-refractivity contribution in [2.24, 2.45) is 5.41 Å².